The zero-order valence-electron chi connectivity index (χ0n) is 6.79. The van der Waals surface area contributed by atoms with Crippen molar-refractivity contribution in [2.24, 2.45) is 0 Å². The van der Waals surface area contributed by atoms with Crippen LogP contribution in [0.1, 0.15) is 5.56 Å². The molecule has 0 N–H and O–H groups in total. The molecule has 0 saturated heterocycles. The molecule has 0 bridgehead atoms. The Morgan fingerprint density at radius 2 is 2.00 bits per heavy atom. The largest absolute Gasteiger partial charge is 0.290 e. The molecule has 60 valence electrons. The topological polar surface area (TPSA) is 17.1 Å². The average molecular weight is 158 g/mol. The third kappa shape index (κ3) is 1.92. The smallest absolute Gasteiger partial charge is 0.178 e. The van der Waals surface area contributed by atoms with Crippen LogP contribution in [0, 0.1) is 0 Å². The van der Waals surface area contributed by atoms with Gasteiger partial charge in [-0.15, -0.1) is 0 Å². The highest BCUT2D eigenvalue weighted by Gasteiger charge is 1.90. The molecule has 0 aliphatic rings. The van der Waals surface area contributed by atoms with Crippen LogP contribution in [0.5, 0.6) is 0 Å². The molecule has 1 aromatic carbocycles. The summed E-state index contributed by atoms with van der Waals surface area (Å²) in [5.41, 5.74) is 1.75. The minimum atomic E-state index is -0.00175. The first-order valence-corrected chi connectivity index (χ1v) is 3.66. The first-order chi connectivity index (χ1) is 5.74. The fourth-order valence-corrected chi connectivity index (χ4v) is 0.862. The van der Waals surface area contributed by atoms with Gasteiger partial charge in [-0.2, -0.15) is 0 Å². The predicted octanol–water partition coefficient (Wildman–Crippen LogP) is 2.25. The zero-order valence-corrected chi connectivity index (χ0v) is 6.79. The Balaban J connectivity index is 3.22. The van der Waals surface area contributed by atoms with Gasteiger partial charge in [-0.05, 0) is 23.3 Å². The first-order valence-electron chi connectivity index (χ1n) is 3.66. The van der Waals surface area contributed by atoms with E-state index in [-0.39, 0.29) is 5.43 Å². The van der Waals surface area contributed by atoms with E-state index in [0.717, 1.165) is 11.1 Å². The van der Waals surface area contributed by atoms with Crippen molar-refractivity contribution in [1.82, 2.24) is 0 Å². The van der Waals surface area contributed by atoms with E-state index in [4.69, 9.17) is 0 Å². The number of hydrogen-bond donors (Lipinski definition) is 0. The quantitative estimate of drug-likeness (QED) is 0.603. The maximum Gasteiger partial charge on any atom is 0.178 e. The maximum absolute atomic E-state index is 10.9. The van der Waals surface area contributed by atoms with Gasteiger partial charge in [-0.1, -0.05) is 37.4 Å². The minimum absolute atomic E-state index is 0.00175. The second-order valence-electron chi connectivity index (χ2n) is 2.45. The highest BCUT2D eigenvalue weighted by molar-refractivity contribution is 5.70. The van der Waals surface area contributed by atoms with Gasteiger partial charge in [0.2, 0.25) is 0 Å². The van der Waals surface area contributed by atoms with Gasteiger partial charge in [-0.3, -0.25) is 4.79 Å². The van der Waals surface area contributed by atoms with Crippen molar-refractivity contribution in [1.29, 1.82) is 0 Å². The van der Waals surface area contributed by atoms with Gasteiger partial charge in [0.15, 0.2) is 5.43 Å². The highest BCUT2D eigenvalue weighted by Crippen LogP contribution is 2.09. The van der Waals surface area contributed by atoms with Crippen molar-refractivity contribution in [3.8, 4) is 0 Å². The van der Waals surface area contributed by atoms with Crippen LogP contribution in [0.25, 0.3) is 5.57 Å². The van der Waals surface area contributed by atoms with Gasteiger partial charge < -0.3 is 0 Å². The van der Waals surface area contributed by atoms with Gasteiger partial charge in [-0.25, -0.2) is 0 Å². The molecule has 0 fully saturated rings. The van der Waals surface area contributed by atoms with Crippen LogP contribution in [0.4, 0.5) is 0 Å². The van der Waals surface area contributed by atoms with Gasteiger partial charge in [0, 0.05) is 0 Å². The third-order valence-corrected chi connectivity index (χ3v) is 1.58. The standard InChI is InChI=1S/C11H10O/c1-3-9(2)10-5-4-6-11(12)8-7-10/h3-8H,1-2H2. The van der Waals surface area contributed by atoms with E-state index in [1.165, 1.54) is 12.1 Å². The lowest BCUT2D eigenvalue weighted by Crippen LogP contribution is -1.87. The Morgan fingerprint density at radius 1 is 1.25 bits per heavy atom. The van der Waals surface area contributed by atoms with E-state index in [0.29, 0.717) is 0 Å². The van der Waals surface area contributed by atoms with Gasteiger partial charge in [0.1, 0.15) is 0 Å². The Labute approximate surface area is 71.7 Å². The van der Waals surface area contributed by atoms with Crippen LogP contribution >= 0.6 is 0 Å². The molecule has 1 aromatic rings. The molecule has 0 saturated carbocycles. The highest BCUT2D eigenvalue weighted by atomic mass is 16.1. The van der Waals surface area contributed by atoms with Gasteiger partial charge in [0.05, 0.1) is 0 Å². The Hall–Kier alpha value is -1.63. The molecule has 0 atom stereocenters. The SMILES string of the molecule is C=CC(=C)c1cccc(=O)cc1. The molecule has 12 heavy (non-hydrogen) atoms. The monoisotopic (exact) mass is 158 g/mol. The average Bonchev–Trinajstić information content (AvgIpc) is 2.29. The van der Waals surface area contributed by atoms with E-state index in [1.807, 2.05) is 6.07 Å². The summed E-state index contributed by atoms with van der Waals surface area (Å²) in [6, 6.07) is 8.33. The molecule has 1 nitrogen and oxygen atoms in total. The second kappa shape index (κ2) is 3.67. The van der Waals surface area contributed by atoms with Crippen LogP contribution in [0.3, 0.4) is 0 Å². The van der Waals surface area contributed by atoms with Crippen molar-refractivity contribution >= 4 is 5.57 Å². The number of hydrogen-bond acceptors (Lipinski definition) is 1. The van der Waals surface area contributed by atoms with Crippen molar-refractivity contribution in [3.63, 3.8) is 0 Å². The van der Waals surface area contributed by atoms with Crippen LogP contribution in [-0.2, 0) is 0 Å². The molecule has 0 amide bonds. The summed E-state index contributed by atoms with van der Waals surface area (Å²) >= 11 is 0. The third-order valence-electron chi connectivity index (χ3n) is 1.58. The molecule has 0 radical (unpaired) electrons. The lowest BCUT2D eigenvalue weighted by atomic mass is 10.1. The molecule has 0 heterocycles. The number of allylic oxidation sites excluding steroid dienone is 2. The predicted molar refractivity (Wildman–Crippen MR) is 51.9 cm³/mol. The van der Waals surface area contributed by atoms with Gasteiger partial charge >= 0.3 is 0 Å². The Kier molecular flexibility index (Phi) is 2.59. The second-order valence-corrected chi connectivity index (χ2v) is 2.45. The summed E-state index contributed by atoms with van der Waals surface area (Å²) in [6.07, 6.45) is 1.67. The van der Waals surface area contributed by atoms with Crippen molar-refractivity contribution < 1.29 is 0 Å². The van der Waals surface area contributed by atoms with Crippen molar-refractivity contribution in [2.75, 3.05) is 0 Å². The van der Waals surface area contributed by atoms with E-state index in [2.05, 4.69) is 13.2 Å². The van der Waals surface area contributed by atoms with E-state index in [9.17, 15) is 4.79 Å². The molecule has 0 aromatic heterocycles. The molecule has 1 rings (SSSR count). The van der Waals surface area contributed by atoms with Gasteiger partial charge in [0.25, 0.3) is 0 Å². The molecule has 0 unspecified atom stereocenters. The molecule has 1 heteroatoms. The van der Waals surface area contributed by atoms with Crippen LogP contribution < -0.4 is 5.43 Å². The first kappa shape index (κ1) is 8.47. The fraction of sp³-hybridized carbons (Fsp3) is 0. The summed E-state index contributed by atoms with van der Waals surface area (Å²) in [4.78, 5) is 10.9. The molecular weight excluding hydrogens is 148 g/mol. The molecule has 0 spiro atoms. The summed E-state index contributed by atoms with van der Waals surface area (Å²) in [7, 11) is 0. The zero-order chi connectivity index (χ0) is 8.97. The Bertz CT molecular complexity index is 363. The fourth-order valence-electron chi connectivity index (χ4n) is 0.862. The summed E-state index contributed by atoms with van der Waals surface area (Å²) in [5, 5.41) is 0. The summed E-state index contributed by atoms with van der Waals surface area (Å²) < 4.78 is 0. The molecular formula is C11H10O. The Morgan fingerprint density at radius 3 is 2.67 bits per heavy atom. The molecule has 0 aliphatic carbocycles. The summed E-state index contributed by atoms with van der Waals surface area (Å²) in [5.74, 6) is 0. The van der Waals surface area contributed by atoms with Crippen LogP contribution in [0.15, 0.2) is 54.4 Å². The normalized spacial score (nSPS) is 9.00. The molecule has 0 aliphatic heterocycles. The maximum atomic E-state index is 10.9. The van der Waals surface area contributed by atoms with Crippen LogP contribution in [-0.4, -0.2) is 0 Å². The number of rotatable bonds is 2. The van der Waals surface area contributed by atoms with E-state index >= 15 is 0 Å². The summed E-state index contributed by atoms with van der Waals surface area (Å²) in [6.45, 7) is 7.38. The lowest BCUT2D eigenvalue weighted by Gasteiger charge is -1.93. The van der Waals surface area contributed by atoms with E-state index in [1.54, 1.807) is 18.2 Å². The minimum Gasteiger partial charge on any atom is -0.290 e. The van der Waals surface area contributed by atoms with Crippen molar-refractivity contribution in [2.45, 2.75) is 0 Å². The van der Waals surface area contributed by atoms with E-state index < -0.39 is 0 Å². The van der Waals surface area contributed by atoms with Crippen molar-refractivity contribution in [3.05, 3.63) is 65.4 Å². The lowest BCUT2D eigenvalue weighted by molar-refractivity contribution is 1.67. The van der Waals surface area contributed by atoms with Crippen LogP contribution in [0.2, 0.25) is 0 Å².